The molecule has 0 saturated heterocycles. The number of imidazole rings is 1. The number of H-pyrrole nitrogens is 1. The molecule has 0 spiro atoms. The molecule has 30 heavy (non-hydrogen) atoms. The van der Waals surface area contributed by atoms with Crippen LogP contribution in [0.25, 0.3) is 0 Å². The zero-order chi connectivity index (χ0) is 22.8. The van der Waals surface area contributed by atoms with Gasteiger partial charge in [-0.25, -0.2) is 9.78 Å². The fraction of sp³-hybridized carbons (Fsp3) is 0.500. The number of aromatic nitrogens is 2. The van der Waals surface area contributed by atoms with Gasteiger partial charge < -0.3 is 36.9 Å². The van der Waals surface area contributed by atoms with Gasteiger partial charge in [0.05, 0.1) is 18.8 Å². The molecule has 0 bridgehead atoms. The van der Waals surface area contributed by atoms with Crippen LogP contribution < -0.4 is 21.7 Å². The molecule has 4 atom stereocenters. The van der Waals surface area contributed by atoms with E-state index in [1.165, 1.54) is 19.4 Å². The van der Waals surface area contributed by atoms with E-state index >= 15 is 0 Å². The Kier molecular flexibility index (Phi) is 9.77. The van der Waals surface area contributed by atoms with Gasteiger partial charge in [0.15, 0.2) is 0 Å². The van der Waals surface area contributed by atoms with Gasteiger partial charge in [-0.3, -0.25) is 19.2 Å². The lowest BCUT2D eigenvalue weighted by Crippen LogP contribution is -2.58. The van der Waals surface area contributed by atoms with E-state index in [4.69, 9.17) is 10.8 Å². The van der Waals surface area contributed by atoms with Crippen LogP contribution in [-0.2, 0) is 30.4 Å². The summed E-state index contributed by atoms with van der Waals surface area (Å²) in [5.41, 5.74) is 5.85. The number of hydrogen-bond acceptors (Lipinski definition) is 8. The lowest BCUT2D eigenvalue weighted by Gasteiger charge is -2.23. The summed E-state index contributed by atoms with van der Waals surface area (Å²) in [5, 5.41) is 25.1. The van der Waals surface area contributed by atoms with Gasteiger partial charge >= 0.3 is 11.9 Å². The predicted octanol–water partition coefficient (Wildman–Crippen LogP) is -2.76. The van der Waals surface area contributed by atoms with Crippen LogP contribution in [0.4, 0.5) is 0 Å². The summed E-state index contributed by atoms with van der Waals surface area (Å²) in [4.78, 5) is 65.6. The average molecular weight is 444 g/mol. The molecule has 4 unspecified atom stereocenters. The monoisotopic (exact) mass is 444 g/mol. The molecular weight excluding hydrogens is 420 g/mol. The van der Waals surface area contributed by atoms with Gasteiger partial charge in [-0.2, -0.15) is 12.6 Å². The Morgan fingerprint density at radius 3 is 2.10 bits per heavy atom. The van der Waals surface area contributed by atoms with E-state index in [2.05, 4.69) is 38.5 Å². The number of nitrogens with one attached hydrogen (secondary N) is 4. The third-order valence-corrected chi connectivity index (χ3v) is 4.20. The highest BCUT2D eigenvalue weighted by molar-refractivity contribution is 7.80. The fourth-order valence-corrected chi connectivity index (χ4v) is 2.50. The molecule has 1 heterocycles. The van der Waals surface area contributed by atoms with Crippen LogP contribution in [0.2, 0.25) is 0 Å². The Morgan fingerprint density at radius 2 is 1.63 bits per heavy atom. The molecule has 0 aromatic carbocycles. The van der Waals surface area contributed by atoms with Crippen LogP contribution >= 0.6 is 12.6 Å². The summed E-state index contributed by atoms with van der Waals surface area (Å²) in [6.07, 6.45) is 1.75. The number of amides is 3. The Bertz CT molecular complexity index is 770. The number of carbonyl (C=O) groups is 5. The van der Waals surface area contributed by atoms with Gasteiger partial charge in [-0.05, 0) is 6.92 Å². The molecule has 13 nitrogen and oxygen atoms in total. The van der Waals surface area contributed by atoms with Crippen LogP contribution in [0.3, 0.4) is 0 Å². The molecule has 1 aromatic rings. The van der Waals surface area contributed by atoms with Crippen molar-refractivity contribution in [2.24, 2.45) is 5.73 Å². The van der Waals surface area contributed by atoms with Gasteiger partial charge in [0, 0.05) is 24.1 Å². The maximum atomic E-state index is 12.5. The van der Waals surface area contributed by atoms with Gasteiger partial charge in [-0.15, -0.1) is 0 Å². The van der Waals surface area contributed by atoms with Crippen LogP contribution in [-0.4, -0.2) is 79.8 Å². The summed E-state index contributed by atoms with van der Waals surface area (Å²) >= 11 is 3.95. The largest absolute Gasteiger partial charge is 0.481 e. The second-order valence-corrected chi connectivity index (χ2v) is 6.74. The number of thiol groups is 1. The number of nitrogens with zero attached hydrogens (tertiary/aromatic N) is 1. The quantitative estimate of drug-likeness (QED) is 0.156. The van der Waals surface area contributed by atoms with E-state index in [-0.39, 0.29) is 12.2 Å². The summed E-state index contributed by atoms with van der Waals surface area (Å²) in [5.74, 6) is -5.46. The first-order chi connectivity index (χ1) is 14.0. The number of nitrogens with two attached hydrogens (primary N) is 1. The number of carboxylic acid groups (broad SMARTS) is 2. The zero-order valence-corrected chi connectivity index (χ0v) is 16.9. The third-order valence-electron chi connectivity index (χ3n) is 3.83. The molecule has 8 N–H and O–H groups in total. The van der Waals surface area contributed by atoms with Crippen LogP contribution in [0.15, 0.2) is 12.5 Å². The van der Waals surface area contributed by atoms with E-state index in [9.17, 15) is 29.1 Å². The van der Waals surface area contributed by atoms with Crippen molar-refractivity contribution in [2.45, 2.75) is 43.9 Å². The number of carbonyl (C=O) groups excluding carboxylic acids is 3. The Balaban J connectivity index is 2.88. The van der Waals surface area contributed by atoms with E-state index in [0.717, 1.165) is 0 Å². The maximum absolute atomic E-state index is 12.5. The van der Waals surface area contributed by atoms with Crippen molar-refractivity contribution in [3.05, 3.63) is 18.2 Å². The second kappa shape index (κ2) is 11.8. The minimum Gasteiger partial charge on any atom is -0.481 e. The first-order valence-electron chi connectivity index (χ1n) is 8.74. The van der Waals surface area contributed by atoms with Gasteiger partial charge in [-0.1, -0.05) is 0 Å². The Morgan fingerprint density at radius 1 is 1.07 bits per heavy atom. The summed E-state index contributed by atoms with van der Waals surface area (Å²) in [6, 6.07) is -5.08. The highest BCUT2D eigenvalue weighted by Crippen LogP contribution is 2.02. The molecule has 14 heteroatoms. The molecule has 0 saturated carbocycles. The molecule has 0 fully saturated rings. The SMILES string of the molecule is CC(N)C(=O)NC(CS)C(=O)NC(CC(=O)O)C(=O)NC(Cc1cnc[nH]1)C(=O)O. The van der Waals surface area contributed by atoms with Crippen LogP contribution in [0, 0.1) is 0 Å². The Labute approximate surface area is 176 Å². The van der Waals surface area contributed by atoms with Crippen molar-refractivity contribution in [2.75, 3.05) is 5.75 Å². The van der Waals surface area contributed by atoms with E-state index in [1.54, 1.807) is 0 Å². The normalized spacial score (nSPS) is 14.6. The summed E-state index contributed by atoms with van der Waals surface area (Å²) in [6.45, 7) is 1.40. The van der Waals surface area contributed by atoms with Crippen molar-refractivity contribution in [3.63, 3.8) is 0 Å². The molecule has 1 rings (SSSR count). The van der Waals surface area contributed by atoms with Crippen molar-refractivity contribution >= 4 is 42.3 Å². The highest BCUT2D eigenvalue weighted by Gasteiger charge is 2.31. The molecule has 1 aromatic heterocycles. The predicted molar refractivity (Wildman–Crippen MR) is 105 cm³/mol. The number of carboxylic acids is 2. The topological polar surface area (TPSA) is 217 Å². The van der Waals surface area contributed by atoms with Gasteiger partial charge in [0.25, 0.3) is 0 Å². The summed E-state index contributed by atoms with van der Waals surface area (Å²) in [7, 11) is 0. The number of aliphatic carboxylic acids is 2. The minimum atomic E-state index is -1.59. The van der Waals surface area contributed by atoms with Crippen molar-refractivity contribution in [3.8, 4) is 0 Å². The molecule has 0 aliphatic rings. The highest BCUT2D eigenvalue weighted by atomic mass is 32.1. The standard InChI is InChI=1S/C16H24N6O7S/c1-7(17)13(25)22-11(5-30)15(27)20-9(3-12(23)24)14(26)21-10(16(28)29)2-8-4-18-6-19-8/h4,6-7,9-11,30H,2-3,5,17H2,1H3,(H,18,19)(H,20,27)(H,21,26)(H,22,25)(H,23,24)(H,28,29). The molecule has 0 aliphatic carbocycles. The lowest BCUT2D eigenvalue weighted by molar-refractivity contribution is -0.143. The van der Waals surface area contributed by atoms with E-state index in [1.807, 2.05) is 0 Å². The first kappa shape index (κ1) is 24.9. The van der Waals surface area contributed by atoms with E-state index in [0.29, 0.717) is 5.69 Å². The molecule has 3 amide bonds. The second-order valence-electron chi connectivity index (χ2n) is 6.37. The van der Waals surface area contributed by atoms with Gasteiger partial charge in [0.2, 0.25) is 17.7 Å². The van der Waals surface area contributed by atoms with Crippen molar-refractivity contribution in [1.29, 1.82) is 0 Å². The number of rotatable bonds is 12. The first-order valence-corrected chi connectivity index (χ1v) is 9.37. The smallest absolute Gasteiger partial charge is 0.326 e. The van der Waals surface area contributed by atoms with E-state index < -0.39 is 60.2 Å². The lowest BCUT2D eigenvalue weighted by atomic mass is 10.1. The third kappa shape index (κ3) is 8.08. The van der Waals surface area contributed by atoms with Crippen molar-refractivity contribution < 1.29 is 34.2 Å². The Hall–Kier alpha value is -3.13. The molecule has 0 radical (unpaired) electrons. The minimum absolute atomic E-state index is 0.140. The molecule has 166 valence electrons. The zero-order valence-electron chi connectivity index (χ0n) is 16.0. The summed E-state index contributed by atoms with van der Waals surface area (Å²) < 4.78 is 0. The number of aromatic amines is 1. The van der Waals surface area contributed by atoms with Crippen LogP contribution in [0.5, 0.6) is 0 Å². The number of hydrogen-bond donors (Lipinski definition) is 8. The molecular formula is C16H24N6O7S. The van der Waals surface area contributed by atoms with Crippen LogP contribution in [0.1, 0.15) is 19.0 Å². The van der Waals surface area contributed by atoms with Gasteiger partial charge in [0.1, 0.15) is 18.1 Å². The molecule has 0 aliphatic heterocycles. The van der Waals surface area contributed by atoms with Crippen molar-refractivity contribution in [1.82, 2.24) is 25.9 Å². The maximum Gasteiger partial charge on any atom is 0.326 e. The fourth-order valence-electron chi connectivity index (χ4n) is 2.24. The average Bonchev–Trinajstić information content (AvgIpc) is 3.17.